The average Bonchev–Trinajstić information content (AvgIpc) is 2.88. The van der Waals surface area contributed by atoms with E-state index in [-0.39, 0.29) is 0 Å². The number of thiazole rings is 1. The minimum absolute atomic E-state index is 0.290. The van der Waals surface area contributed by atoms with E-state index < -0.39 is 35.6 Å². The van der Waals surface area contributed by atoms with Crippen LogP contribution < -0.4 is 10.6 Å². The Balaban J connectivity index is 2.08. The maximum atomic E-state index is 12.0. The van der Waals surface area contributed by atoms with Gasteiger partial charge in [0.1, 0.15) is 30.9 Å². The highest BCUT2D eigenvalue weighted by molar-refractivity contribution is 7.16. The molecule has 0 aromatic carbocycles. The maximum absolute atomic E-state index is 12.0. The molecule has 0 aliphatic carbocycles. The molecule has 0 radical (unpaired) electrons. The molecule has 1 unspecified atom stereocenters. The lowest BCUT2D eigenvalue weighted by Crippen LogP contribution is -2.43. The number of nitrogens with two attached hydrogens (primary N) is 1. The van der Waals surface area contributed by atoms with Crippen molar-refractivity contribution in [2.24, 2.45) is 5.73 Å². The van der Waals surface area contributed by atoms with Gasteiger partial charge in [-0.25, -0.2) is 9.97 Å². The summed E-state index contributed by atoms with van der Waals surface area (Å²) in [5.74, 6) is 0. The number of aromatic nitrogens is 3. The number of hydrogen-bond donors (Lipinski definition) is 4. The fourth-order valence-corrected chi connectivity index (χ4v) is 3.03. The van der Waals surface area contributed by atoms with Crippen LogP contribution in [0.5, 0.6) is 0 Å². The van der Waals surface area contributed by atoms with Gasteiger partial charge in [0, 0.05) is 6.20 Å². The smallest absolute Gasteiger partial charge is 0.311 e. The molecule has 0 spiro atoms. The summed E-state index contributed by atoms with van der Waals surface area (Å²) in [6, 6.07) is 0. The Morgan fingerprint density at radius 1 is 1.45 bits per heavy atom. The van der Waals surface area contributed by atoms with Gasteiger partial charge in [-0.15, -0.1) is 0 Å². The Hall–Kier alpha value is -1.43. The fraction of sp³-hybridized carbons (Fsp3) is 0.500. The molecule has 1 aliphatic rings. The first-order valence-electron chi connectivity index (χ1n) is 5.77. The number of fused-ring (bicyclic) bond motifs is 1. The molecule has 20 heavy (non-hydrogen) atoms. The molecule has 1 saturated heterocycles. The van der Waals surface area contributed by atoms with E-state index in [1.807, 2.05) is 0 Å². The van der Waals surface area contributed by atoms with Gasteiger partial charge in [0.25, 0.3) is 0 Å². The zero-order valence-electron chi connectivity index (χ0n) is 10.0. The van der Waals surface area contributed by atoms with Crippen LogP contribution in [-0.4, -0.2) is 54.4 Å². The second-order valence-corrected chi connectivity index (χ2v) is 5.40. The molecule has 5 N–H and O–H groups in total. The van der Waals surface area contributed by atoms with Crippen LogP contribution in [0.4, 0.5) is 0 Å². The normalized spacial score (nSPS) is 31.8. The van der Waals surface area contributed by atoms with E-state index in [4.69, 9.17) is 10.5 Å². The Morgan fingerprint density at radius 3 is 2.85 bits per heavy atom. The standard InChI is InChI=1S/C10H12N4O5S/c11-7(17)6-4(15)5(16)9(19-6)14-8-3(20-10(14)18)1-12-2-13-8/h1-2,4-7,9,15-17H,11H2/t4-,5+,6-,7?,9+/m0/s1. The van der Waals surface area contributed by atoms with E-state index in [9.17, 15) is 20.1 Å². The Morgan fingerprint density at radius 2 is 2.20 bits per heavy atom. The lowest BCUT2D eigenvalue weighted by Gasteiger charge is -2.16. The molecule has 0 amide bonds. The van der Waals surface area contributed by atoms with Crippen molar-refractivity contribution in [1.82, 2.24) is 14.5 Å². The van der Waals surface area contributed by atoms with Crippen LogP contribution in [0.3, 0.4) is 0 Å². The summed E-state index contributed by atoms with van der Waals surface area (Å²) in [5, 5.41) is 29.1. The zero-order chi connectivity index (χ0) is 14.4. The third kappa shape index (κ3) is 1.93. The van der Waals surface area contributed by atoms with E-state index >= 15 is 0 Å². The second-order valence-electron chi connectivity index (χ2n) is 4.41. The van der Waals surface area contributed by atoms with Gasteiger partial charge in [0.15, 0.2) is 11.9 Å². The molecular formula is C10H12N4O5S. The van der Waals surface area contributed by atoms with E-state index in [2.05, 4.69) is 9.97 Å². The molecule has 3 heterocycles. The zero-order valence-corrected chi connectivity index (χ0v) is 10.8. The van der Waals surface area contributed by atoms with Gasteiger partial charge in [0.05, 0.1) is 4.70 Å². The fourth-order valence-electron chi connectivity index (χ4n) is 2.20. The lowest BCUT2D eigenvalue weighted by atomic mass is 10.1. The maximum Gasteiger partial charge on any atom is 0.311 e. The molecule has 0 bridgehead atoms. The van der Waals surface area contributed by atoms with Gasteiger partial charge >= 0.3 is 4.87 Å². The summed E-state index contributed by atoms with van der Waals surface area (Å²) in [4.78, 5) is 19.4. The van der Waals surface area contributed by atoms with Crippen LogP contribution in [0.15, 0.2) is 17.3 Å². The number of aliphatic hydroxyl groups is 3. The van der Waals surface area contributed by atoms with Crippen LogP contribution in [0.2, 0.25) is 0 Å². The van der Waals surface area contributed by atoms with E-state index in [1.165, 1.54) is 12.5 Å². The van der Waals surface area contributed by atoms with E-state index in [1.54, 1.807) is 0 Å². The highest BCUT2D eigenvalue weighted by Crippen LogP contribution is 2.31. The first-order chi connectivity index (χ1) is 9.50. The second kappa shape index (κ2) is 4.84. The molecular weight excluding hydrogens is 288 g/mol. The summed E-state index contributed by atoms with van der Waals surface area (Å²) in [6.07, 6.45) is -3.88. The lowest BCUT2D eigenvalue weighted by molar-refractivity contribution is -0.0818. The van der Waals surface area contributed by atoms with Gasteiger partial charge in [0.2, 0.25) is 0 Å². The molecule has 108 valence electrons. The molecule has 10 heteroatoms. The minimum atomic E-state index is -1.47. The molecule has 1 fully saturated rings. The molecule has 5 atom stereocenters. The van der Waals surface area contributed by atoms with Gasteiger partial charge in [-0.05, 0) is 0 Å². The van der Waals surface area contributed by atoms with E-state index in [0.29, 0.717) is 10.3 Å². The molecule has 2 aromatic heterocycles. The summed E-state index contributed by atoms with van der Waals surface area (Å²) >= 11 is 0.894. The monoisotopic (exact) mass is 300 g/mol. The van der Waals surface area contributed by atoms with Gasteiger partial charge in [-0.1, -0.05) is 11.3 Å². The highest BCUT2D eigenvalue weighted by atomic mass is 32.1. The summed E-state index contributed by atoms with van der Waals surface area (Å²) in [6.45, 7) is 0. The van der Waals surface area contributed by atoms with Crippen molar-refractivity contribution < 1.29 is 20.1 Å². The Kier molecular flexibility index (Phi) is 3.28. The molecule has 1 aliphatic heterocycles. The predicted molar refractivity (Wildman–Crippen MR) is 67.8 cm³/mol. The molecule has 9 nitrogen and oxygen atoms in total. The van der Waals surface area contributed by atoms with Crippen molar-refractivity contribution in [3.8, 4) is 0 Å². The van der Waals surface area contributed by atoms with E-state index in [0.717, 1.165) is 15.9 Å². The summed E-state index contributed by atoms with van der Waals surface area (Å²) < 4.78 is 6.97. The number of rotatable bonds is 2. The van der Waals surface area contributed by atoms with Gasteiger partial charge in [-0.2, -0.15) is 0 Å². The average molecular weight is 300 g/mol. The number of hydrogen-bond acceptors (Lipinski definition) is 9. The number of aliphatic hydroxyl groups excluding tert-OH is 3. The summed E-state index contributed by atoms with van der Waals surface area (Å²) in [7, 11) is 0. The SMILES string of the molecule is NC(O)[C@H]1O[C@@H](n2c(=O)sc3cncnc32)[C@H](O)[C@@H]1O. The third-order valence-electron chi connectivity index (χ3n) is 3.15. The minimum Gasteiger partial charge on any atom is -0.387 e. The van der Waals surface area contributed by atoms with Crippen molar-refractivity contribution in [3.63, 3.8) is 0 Å². The van der Waals surface area contributed by atoms with Gasteiger partial charge in [-0.3, -0.25) is 9.36 Å². The first kappa shape index (κ1) is 13.5. The van der Waals surface area contributed by atoms with Crippen LogP contribution in [-0.2, 0) is 4.74 Å². The Bertz CT molecular complexity index is 686. The topological polar surface area (TPSA) is 144 Å². The van der Waals surface area contributed by atoms with Crippen LogP contribution in [0.25, 0.3) is 10.3 Å². The van der Waals surface area contributed by atoms with Gasteiger partial charge < -0.3 is 25.8 Å². The van der Waals surface area contributed by atoms with Crippen molar-refractivity contribution in [2.45, 2.75) is 30.8 Å². The van der Waals surface area contributed by atoms with Crippen LogP contribution in [0.1, 0.15) is 6.23 Å². The molecule has 2 aromatic rings. The quantitative estimate of drug-likeness (QED) is 0.455. The van der Waals surface area contributed by atoms with Crippen molar-refractivity contribution in [1.29, 1.82) is 0 Å². The first-order valence-corrected chi connectivity index (χ1v) is 6.58. The predicted octanol–water partition coefficient (Wildman–Crippen LogP) is -2.25. The third-order valence-corrected chi connectivity index (χ3v) is 4.03. The summed E-state index contributed by atoms with van der Waals surface area (Å²) in [5.41, 5.74) is 5.56. The van der Waals surface area contributed by atoms with Crippen molar-refractivity contribution in [2.75, 3.05) is 0 Å². The number of ether oxygens (including phenoxy) is 1. The largest absolute Gasteiger partial charge is 0.387 e. The van der Waals surface area contributed by atoms with Crippen LogP contribution >= 0.6 is 11.3 Å². The highest BCUT2D eigenvalue weighted by Gasteiger charge is 2.47. The molecule has 0 saturated carbocycles. The van der Waals surface area contributed by atoms with Crippen molar-refractivity contribution >= 4 is 21.7 Å². The van der Waals surface area contributed by atoms with Crippen LogP contribution in [0, 0.1) is 0 Å². The molecule has 3 rings (SSSR count). The number of nitrogens with zero attached hydrogens (tertiary/aromatic N) is 3. The Labute approximate surface area is 115 Å². The van der Waals surface area contributed by atoms with Crippen molar-refractivity contribution in [3.05, 3.63) is 22.2 Å².